The average molecular weight is 437 g/mol. The summed E-state index contributed by atoms with van der Waals surface area (Å²) in [7, 11) is 3.09. The number of aromatic nitrogens is 2. The van der Waals surface area contributed by atoms with Crippen LogP contribution in [-0.4, -0.2) is 39.1 Å². The van der Waals surface area contributed by atoms with Crippen LogP contribution in [0.15, 0.2) is 58.4 Å². The minimum atomic E-state index is -1.04. The molecular formula is C22H23N5O5. The highest BCUT2D eigenvalue weighted by molar-refractivity contribution is 6.39. The quantitative estimate of drug-likeness (QED) is 0.318. The van der Waals surface area contributed by atoms with Crippen LogP contribution in [0.4, 0.5) is 5.69 Å². The number of para-hydroxylation sites is 1. The smallest absolute Gasteiger partial charge is 0.329 e. The molecule has 0 fully saturated rings. The lowest BCUT2D eigenvalue weighted by molar-refractivity contribution is -0.136. The number of nitrogens with zero attached hydrogens (tertiary/aromatic N) is 3. The van der Waals surface area contributed by atoms with Gasteiger partial charge in [0.1, 0.15) is 5.69 Å². The number of carbonyl (C=O) groups excluding carboxylic acids is 2. The molecule has 32 heavy (non-hydrogen) atoms. The van der Waals surface area contributed by atoms with Crippen molar-refractivity contribution in [1.29, 1.82) is 0 Å². The number of hydrogen-bond donors (Lipinski definition) is 3. The monoisotopic (exact) mass is 437 g/mol. The third kappa shape index (κ3) is 4.38. The normalized spacial score (nSPS) is 11.2. The number of carbonyl (C=O) groups is 2. The van der Waals surface area contributed by atoms with E-state index in [2.05, 4.69) is 15.8 Å². The first-order valence-corrected chi connectivity index (χ1v) is 9.61. The first-order chi connectivity index (χ1) is 15.2. The van der Waals surface area contributed by atoms with E-state index < -0.39 is 17.4 Å². The molecule has 2 aromatic carbocycles. The fraction of sp³-hybridized carbons (Fsp3) is 0.182. The van der Waals surface area contributed by atoms with Crippen LogP contribution in [0.25, 0.3) is 5.69 Å². The van der Waals surface area contributed by atoms with Gasteiger partial charge in [0.2, 0.25) is 0 Å². The molecule has 10 nitrogen and oxygen atoms in total. The minimum Gasteiger partial charge on any atom is -0.504 e. The molecule has 3 aromatic rings. The third-order valence-corrected chi connectivity index (χ3v) is 4.92. The van der Waals surface area contributed by atoms with Gasteiger partial charge in [0, 0.05) is 12.6 Å². The number of phenols is 1. The van der Waals surface area contributed by atoms with Crippen LogP contribution < -0.4 is 21.0 Å². The van der Waals surface area contributed by atoms with Gasteiger partial charge in [-0.05, 0) is 44.2 Å². The highest BCUT2D eigenvalue weighted by atomic mass is 16.5. The Morgan fingerprint density at radius 3 is 2.44 bits per heavy atom. The molecule has 3 N–H and O–H groups in total. The van der Waals surface area contributed by atoms with Crippen LogP contribution in [0.1, 0.15) is 18.2 Å². The maximum atomic E-state index is 12.8. The summed E-state index contributed by atoms with van der Waals surface area (Å²) in [5.74, 6) is -1.86. The van der Waals surface area contributed by atoms with Crippen LogP contribution in [0, 0.1) is 6.92 Å². The number of rotatable bonds is 5. The van der Waals surface area contributed by atoms with Gasteiger partial charge in [-0.1, -0.05) is 18.2 Å². The Hall–Kier alpha value is -4.34. The van der Waals surface area contributed by atoms with Gasteiger partial charge in [-0.15, -0.1) is 0 Å². The molecule has 2 amide bonds. The largest absolute Gasteiger partial charge is 0.504 e. The first-order valence-electron chi connectivity index (χ1n) is 9.61. The second-order valence-corrected chi connectivity index (χ2v) is 6.92. The summed E-state index contributed by atoms with van der Waals surface area (Å²) in [5, 5.41) is 15.9. The molecule has 10 heteroatoms. The van der Waals surface area contributed by atoms with Crippen LogP contribution >= 0.6 is 0 Å². The number of benzene rings is 2. The van der Waals surface area contributed by atoms with E-state index in [1.807, 2.05) is 6.07 Å². The molecule has 0 radical (unpaired) electrons. The molecule has 1 aromatic heterocycles. The Morgan fingerprint density at radius 1 is 1.09 bits per heavy atom. The lowest BCUT2D eigenvalue weighted by Gasteiger charge is -2.07. The molecule has 0 aliphatic heterocycles. The van der Waals surface area contributed by atoms with E-state index in [-0.39, 0.29) is 17.2 Å². The fourth-order valence-electron chi connectivity index (χ4n) is 3.04. The number of methoxy groups -OCH3 is 1. The van der Waals surface area contributed by atoms with Crippen molar-refractivity contribution in [3.63, 3.8) is 0 Å². The predicted octanol–water partition coefficient (Wildman–Crippen LogP) is 1.68. The van der Waals surface area contributed by atoms with Gasteiger partial charge in [0.05, 0.1) is 24.2 Å². The Kier molecular flexibility index (Phi) is 6.43. The molecule has 166 valence electrons. The molecule has 1 heterocycles. The van der Waals surface area contributed by atoms with Crippen LogP contribution in [0.5, 0.6) is 11.5 Å². The summed E-state index contributed by atoms with van der Waals surface area (Å²) in [6.07, 6.45) is 0. The SMILES string of the molecule is COc1cc(C(C)=NNC(=O)C(=O)Nc2c(C)n(C)n(-c3ccccc3)c2=O)ccc1O. The van der Waals surface area contributed by atoms with Gasteiger partial charge in [0.25, 0.3) is 5.56 Å². The summed E-state index contributed by atoms with van der Waals surface area (Å²) in [6, 6.07) is 13.5. The summed E-state index contributed by atoms with van der Waals surface area (Å²) < 4.78 is 8.02. The van der Waals surface area contributed by atoms with E-state index in [4.69, 9.17) is 4.74 Å². The highest BCUT2D eigenvalue weighted by Crippen LogP contribution is 2.26. The van der Waals surface area contributed by atoms with Gasteiger partial charge in [0.15, 0.2) is 11.5 Å². The number of hydrazone groups is 1. The Labute approximate surface area is 183 Å². The lowest BCUT2D eigenvalue weighted by atomic mass is 10.1. The lowest BCUT2D eigenvalue weighted by Crippen LogP contribution is -2.34. The van der Waals surface area contributed by atoms with Crippen molar-refractivity contribution in [2.24, 2.45) is 12.1 Å². The molecule has 0 saturated carbocycles. The number of aromatic hydroxyl groups is 1. The van der Waals surface area contributed by atoms with Crippen molar-refractivity contribution < 1.29 is 19.4 Å². The van der Waals surface area contributed by atoms with E-state index in [0.29, 0.717) is 22.7 Å². The van der Waals surface area contributed by atoms with Crippen molar-refractivity contribution in [2.45, 2.75) is 13.8 Å². The highest BCUT2D eigenvalue weighted by Gasteiger charge is 2.21. The third-order valence-electron chi connectivity index (χ3n) is 4.92. The minimum absolute atomic E-state index is 0.000440. The van der Waals surface area contributed by atoms with E-state index in [0.717, 1.165) is 0 Å². The zero-order chi connectivity index (χ0) is 23.4. The summed E-state index contributed by atoms with van der Waals surface area (Å²) in [5.41, 5.74) is 3.76. The zero-order valence-corrected chi connectivity index (χ0v) is 18.0. The Morgan fingerprint density at radius 2 is 1.78 bits per heavy atom. The molecule has 0 aliphatic carbocycles. The molecule has 0 spiro atoms. The summed E-state index contributed by atoms with van der Waals surface area (Å²) in [4.78, 5) is 37.4. The summed E-state index contributed by atoms with van der Waals surface area (Å²) in [6.45, 7) is 3.28. The van der Waals surface area contributed by atoms with Gasteiger partial charge < -0.3 is 15.2 Å². The van der Waals surface area contributed by atoms with Crippen LogP contribution in [0.2, 0.25) is 0 Å². The molecule has 0 unspecified atom stereocenters. The number of anilines is 1. The van der Waals surface area contributed by atoms with Crippen LogP contribution in [-0.2, 0) is 16.6 Å². The number of nitrogens with one attached hydrogen (secondary N) is 2. The van der Waals surface area contributed by atoms with Gasteiger partial charge in [-0.25, -0.2) is 10.1 Å². The van der Waals surface area contributed by atoms with E-state index >= 15 is 0 Å². The number of ether oxygens (including phenoxy) is 1. The maximum Gasteiger partial charge on any atom is 0.329 e. The fourth-order valence-corrected chi connectivity index (χ4v) is 3.04. The van der Waals surface area contributed by atoms with Crippen molar-refractivity contribution >= 4 is 23.2 Å². The zero-order valence-electron chi connectivity index (χ0n) is 18.0. The van der Waals surface area contributed by atoms with Crippen LogP contribution in [0.3, 0.4) is 0 Å². The average Bonchev–Trinajstić information content (AvgIpc) is 3.01. The van der Waals surface area contributed by atoms with Crippen molar-refractivity contribution in [3.05, 3.63) is 70.1 Å². The van der Waals surface area contributed by atoms with E-state index in [1.165, 1.54) is 17.9 Å². The van der Waals surface area contributed by atoms with Gasteiger partial charge in [-0.3, -0.25) is 19.1 Å². The van der Waals surface area contributed by atoms with Crippen molar-refractivity contribution in [1.82, 2.24) is 14.8 Å². The predicted molar refractivity (Wildman–Crippen MR) is 119 cm³/mol. The maximum absolute atomic E-state index is 12.8. The second-order valence-electron chi connectivity index (χ2n) is 6.92. The molecule has 0 aliphatic rings. The van der Waals surface area contributed by atoms with Gasteiger partial charge >= 0.3 is 11.8 Å². The molecular weight excluding hydrogens is 414 g/mol. The van der Waals surface area contributed by atoms with Crippen molar-refractivity contribution in [2.75, 3.05) is 12.4 Å². The number of phenolic OH excluding ortho intramolecular Hbond substituents is 1. The number of hydrogen-bond acceptors (Lipinski definition) is 6. The molecule has 0 atom stereocenters. The summed E-state index contributed by atoms with van der Waals surface area (Å²) >= 11 is 0. The topological polar surface area (TPSA) is 127 Å². The van der Waals surface area contributed by atoms with Crippen molar-refractivity contribution in [3.8, 4) is 17.2 Å². The van der Waals surface area contributed by atoms with E-state index in [1.54, 1.807) is 62.0 Å². The Balaban J connectivity index is 1.76. The Bertz CT molecular complexity index is 1260. The molecule has 0 saturated heterocycles. The molecule has 0 bridgehead atoms. The number of amides is 2. The van der Waals surface area contributed by atoms with E-state index in [9.17, 15) is 19.5 Å². The standard InChI is InChI=1S/C22H23N5O5/c1-13(15-10-11-17(28)18(12-15)32-4)24-25-21(30)20(29)23-19-14(2)26(3)27(22(19)31)16-8-6-5-7-9-16/h5-12,28H,1-4H3,(H,23,29)(H,25,30). The first kappa shape index (κ1) is 22.3. The van der Waals surface area contributed by atoms with Gasteiger partial charge in [-0.2, -0.15) is 5.10 Å². The molecule has 3 rings (SSSR count). The second kappa shape index (κ2) is 9.21.